The van der Waals surface area contributed by atoms with Crippen molar-refractivity contribution in [3.8, 4) is 0 Å². The Morgan fingerprint density at radius 2 is 2.00 bits per heavy atom. The van der Waals surface area contributed by atoms with E-state index in [1.54, 1.807) is 0 Å². The number of hydrogen-bond acceptors (Lipinski definition) is 3. The quantitative estimate of drug-likeness (QED) is 0.872. The second-order valence-corrected chi connectivity index (χ2v) is 6.02. The molecule has 1 N–H and O–H groups in total. The van der Waals surface area contributed by atoms with Crippen molar-refractivity contribution in [1.29, 1.82) is 0 Å². The van der Waals surface area contributed by atoms with Gasteiger partial charge < -0.3 is 14.6 Å². The molecule has 1 aromatic heterocycles. The third-order valence-corrected chi connectivity index (χ3v) is 4.27. The van der Waals surface area contributed by atoms with Gasteiger partial charge >= 0.3 is 12.1 Å². The molecule has 1 unspecified atom stereocenters. The van der Waals surface area contributed by atoms with E-state index in [4.69, 9.17) is 5.11 Å². The summed E-state index contributed by atoms with van der Waals surface area (Å²) in [7, 11) is 0. The number of nitrogens with zero attached hydrogens (tertiary/aromatic N) is 2. The van der Waals surface area contributed by atoms with Crippen LogP contribution in [-0.4, -0.2) is 39.0 Å². The topological polar surface area (TPSA) is 79.6 Å². The molecular formula is C16H19F3N2O4. The molecule has 0 aliphatic carbocycles. The number of carboxylic acids is 1. The van der Waals surface area contributed by atoms with E-state index in [1.165, 1.54) is 4.90 Å². The van der Waals surface area contributed by atoms with E-state index in [-0.39, 0.29) is 12.5 Å². The molecule has 1 aliphatic heterocycles. The van der Waals surface area contributed by atoms with Crippen molar-refractivity contribution in [2.45, 2.75) is 50.9 Å². The first-order chi connectivity index (χ1) is 11.7. The van der Waals surface area contributed by atoms with Crippen molar-refractivity contribution >= 4 is 11.9 Å². The third kappa shape index (κ3) is 4.83. The van der Waals surface area contributed by atoms with Crippen LogP contribution in [-0.2, 0) is 22.3 Å². The van der Waals surface area contributed by atoms with Crippen molar-refractivity contribution in [1.82, 2.24) is 9.47 Å². The van der Waals surface area contributed by atoms with Gasteiger partial charge in [-0.05, 0) is 37.8 Å². The first-order valence-electron chi connectivity index (χ1n) is 7.98. The predicted molar refractivity (Wildman–Crippen MR) is 81.9 cm³/mol. The second kappa shape index (κ2) is 7.71. The highest BCUT2D eigenvalue weighted by molar-refractivity contribution is 5.76. The molecule has 25 heavy (non-hydrogen) atoms. The summed E-state index contributed by atoms with van der Waals surface area (Å²) in [5, 5.41) is 8.79. The molecule has 2 rings (SSSR count). The van der Waals surface area contributed by atoms with Crippen LogP contribution >= 0.6 is 0 Å². The molecule has 0 spiro atoms. The lowest BCUT2D eigenvalue weighted by molar-refractivity contribution is -0.141. The van der Waals surface area contributed by atoms with Crippen LogP contribution < -0.4 is 5.56 Å². The van der Waals surface area contributed by atoms with E-state index in [2.05, 4.69) is 0 Å². The van der Waals surface area contributed by atoms with Crippen molar-refractivity contribution < 1.29 is 27.9 Å². The van der Waals surface area contributed by atoms with E-state index < -0.39 is 35.7 Å². The van der Waals surface area contributed by atoms with Crippen LogP contribution in [0.25, 0.3) is 0 Å². The Kier molecular flexibility index (Phi) is 5.86. The smallest absolute Gasteiger partial charge is 0.421 e. The monoisotopic (exact) mass is 360 g/mol. The summed E-state index contributed by atoms with van der Waals surface area (Å²) in [6.45, 7) is -0.0802. The highest BCUT2D eigenvalue weighted by atomic mass is 19.4. The van der Waals surface area contributed by atoms with Crippen LogP contribution in [0.4, 0.5) is 13.2 Å². The number of carbonyl (C=O) groups excluding carboxylic acids is 1. The minimum absolute atomic E-state index is 0.0854. The first kappa shape index (κ1) is 19.0. The average molecular weight is 360 g/mol. The predicted octanol–water partition coefficient (Wildman–Crippen LogP) is 2.11. The molecule has 0 radical (unpaired) electrons. The minimum Gasteiger partial charge on any atom is -0.481 e. The van der Waals surface area contributed by atoms with Crippen molar-refractivity contribution in [3.05, 3.63) is 34.2 Å². The van der Waals surface area contributed by atoms with Gasteiger partial charge in [-0.1, -0.05) is 0 Å². The van der Waals surface area contributed by atoms with Gasteiger partial charge in [0.2, 0.25) is 5.91 Å². The largest absolute Gasteiger partial charge is 0.481 e. The number of carbonyl (C=O) groups is 2. The number of aliphatic carboxylic acids is 1. The van der Waals surface area contributed by atoms with E-state index >= 15 is 0 Å². The van der Waals surface area contributed by atoms with Gasteiger partial charge in [0, 0.05) is 25.2 Å². The van der Waals surface area contributed by atoms with Crippen LogP contribution in [0.1, 0.15) is 37.7 Å². The number of piperidine rings is 1. The Hall–Kier alpha value is -2.32. The van der Waals surface area contributed by atoms with E-state index in [1.807, 2.05) is 0 Å². The van der Waals surface area contributed by atoms with Gasteiger partial charge in [0.1, 0.15) is 12.1 Å². The van der Waals surface area contributed by atoms with Crippen molar-refractivity contribution in [2.24, 2.45) is 0 Å². The molecule has 138 valence electrons. The molecular weight excluding hydrogens is 341 g/mol. The van der Waals surface area contributed by atoms with Gasteiger partial charge in [0.25, 0.3) is 5.56 Å². The summed E-state index contributed by atoms with van der Waals surface area (Å²) in [5.41, 5.74) is -2.58. The zero-order valence-electron chi connectivity index (χ0n) is 13.5. The minimum atomic E-state index is -4.78. The maximum absolute atomic E-state index is 12.8. The van der Waals surface area contributed by atoms with Gasteiger partial charge in [-0.25, -0.2) is 0 Å². The number of carboxylic acid groups (broad SMARTS) is 1. The highest BCUT2D eigenvalue weighted by Gasteiger charge is 2.35. The Morgan fingerprint density at radius 1 is 1.28 bits per heavy atom. The normalized spacial score (nSPS) is 18.2. The van der Waals surface area contributed by atoms with Gasteiger partial charge in [-0.15, -0.1) is 0 Å². The Bertz CT molecular complexity index is 699. The van der Waals surface area contributed by atoms with Gasteiger partial charge in [0.15, 0.2) is 0 Å². The lowest BCUT2D eigenvalue weighted by Gasteiger charge is -2.36. The van der Waals surface area contributed by atoms with E-state index in [9.17, 15) is 27.6 Å². The first-order valence-corrected chi connectivity index (χ1v) is 7.98. The SMILES string of the molecule is O=C(O)CCC1CCCCN1C(=O)Cn1cccc(C(F)(F)F)c1=O. The molecule has 0 bridgehead atoms. The second-order valence-electron chi connectivity index (χ2n) is 6.02. The van der Waals surface area contributed by atoms with Crippen LogP contribution in [0, 0.1) is 0 Å². The van der Waals surface area contributed by atoms with Crippen LogP contribution in [0.3, 0.4) is 0 Å². The van der Waals surface area contributed by atoms with Gasteiger partial charge in [-0.3, -0.25) is 14.4 Å². The summed E-state index contributed by atoms with van der Waals surface area (Å²) in [6.07, 6.45) is -1.18. The number of pyridine rings is 1. The Morgan fingerprint density at radius 3 is 2.64 bits per heavy atom. The molecule has 2 heterocycles. The number of amides is 1. The number of halogens is 3. The maximum Gasteiger partial charge on any atom is 0.421 e. The molecule has 1 amide bonds. The van der Waals surface area contributed by atoms with Crippen LogP contribution in [0.15, 0.2) is 23.1 Å². The molecule has 1 atom stereocenters. The molecule has 6 nitrogen and oxygen atoms in total. The third-order valence-electron chi connectivity index (χ3n) is 4.27. The zero-order chi connectivity index (χ0) is 18.6. The summed E-state index contributed by atoms with van der Waals surface area (Å²) in [4.78, 5) is 36.6. The van der Waals surface area contributed by atoms with Crippen molar-refractivity contribution in [2.75, 3.05) is 6.54 Å². The number of alkyl halides is 3. The fourth-order valence-corrected chi connectivity index (χ4v) is 3.03. The molecule has 1 aliphatic rings. The molecule has 1 fully saturated rings. The summed E-state index contributed by atoms with van der Waals surface area (Å²) in [6, 6.07) is 1.49. The number of likely N-dealkylation sites (tertiary alicyclic amines) is 1. The number of rotatable bonds is 5. The van der Waals surface area contributed by atoms with Gasteiger partial charge in [-0.2, -0.15) is 13.2 Å². The summed E-state index contributed by atoms with van der Waals surface area (Å²) in [5.74, 6) is -1.44. The van der Waals surface area contributed by atoms with Crippen molar-refractivity contribution in [3.63, 3.8) is 0 Å². The number of aromatic nitrogens is 1. The molecule has 9 heteroatoms. The summed E-state index contributed by atoms with van der Waals surface area (Å²) >= 11 is 0. The highest BCUT2D eigenvalue weighted by Crippen LogP contribution is 2.26. The average Bonchev–Trinajstić information content (AvgIpc) is 2.54. The van der Waals surface area contributed by atoms with Crippen LogP contribution in [0.2, 0.25) is 0 Å². The standard InChI is InChI=1S/C16H19F3N2O4/c17-16(18,19)12-5-3-8-20(15(12)25)10-13(22)21-9-2-1-4-11(21)6-7-14(23)24/h3,5,8,11H,1-2,4,6-7,9-10H2,(H,23,24). The molecule has 1 aromatic rings. The van der Waals surface area contributed by atoms with Crippen LogP contribution in [0.5, 0.6) is 0 Å². The van der Waals surface area contributed by atoms with E-state index in [0.29, 0.717) is 25.5 Å². The maximum atomic E-state index is 12.8. The lowest BCUT2D eigenvalue weighted by atomic mass is 9.98. The number of hydrogen-bond donors (Lipinski definition) is 1. The fourth-order valence-electron chi connectivity index (χ4n) is 3.03. The molecule has 0 aromatic carbocycles. The Balaban J connectivity index is 2.15. The molecule has 1 saturated heterocycles. The Labute approximate surface area is 141 Å². The summed E-state index contributed by atoms with van der Waals surface area (Å²) < 4.78 is 39.1. The zero-order valence-corrected chi connectivity index (χ0v) is 13.5. The van der Waals surface area contributed by atoms with E-state index in [0.717, 1.165) is 29.7 Å². The lowest BCUT2D eigenvalue weighted by Crippen LogP contribution is -2.46. The molecule has 0 saturated carbocycles. The fraction of sp³-hybridized carbons (Fsp3) is 0.562. The van der Waals surface area contributed by atoms with Gasteiger partial charge in [0.05, 0.1) is 0 Å².